The zero-order valence-corrected chi connectivity index (χ0v) is 13.4. The van der Waals surface area contributed by atoms with Gasteiger partial charge in [-0.05, 0) is 37.7 Å². The van der Waals surface area contributed by atoms with Gasteiger partial charge in [-0.1, -0.05) is 6.42 Å². The Morgan fingerprint density at radius 1 is 1.17 bits per heavy atom. The molecule has 1 saturated heterocycles. The maximum atomic E-state index is 14.0. The highest BCUT2D eigenvalue weighted by atomic mass is 19.1. The average molecular weight is 314 g/mol. The fraction of sp³-hybridized carbons (Fsp3) is 0.556. The third-order valence-corrected chi connectivity index (χ3v) is 5.31. The third-order valence-electron chi connectivity index (χ3n) is 5.31. The van der Waals surface area contributed by atoms with Crippen LogP contribution in [0.4, 0.5) is 10.1 Å². The van der Waals surface area contributed by atoms with Gasteiger partial charge >= 0.3 is 0 Å². The lowest BCUT2D eigenvalue weighted by Crippen LogP contribution is -2.36. The lowest BCUT2D eigenvalue weighted by atomic mass is 9.85. The zero-order valence-electron chi connectivity index (χ0n) is 13.4. The van der Waals surface area contributed by atoms with Gasteiger partial charge in [-0.15, -0.1) is 0 Å². The minimum absolute atomic E-state index is 0.231. The summed E-state index contributed by atoms with van der Waals surface area (Å²) in [6.45, 7) is 2.83. The summed E-state index contributed by atoms with van der Waals surface area (Å²) in [7, 11) is 0. The molecule has 4 rings (SSSR count). The van der Waals surface area contributed by atoms with Gasteiger partial charge in [-0.25, -0.2) is 9.37 Å². The third kappa shape index (κ3) is 2.96. The van der Waals surface area contributed by atoms with Crippen LogP contribution < -0.4 is 4.90 Å². The quantitative estimate of drug-likeness (QED) is 0.864. The predicted octanol–water partition coefficient (Wildman–Crippen LogP) is 3.60. The van der Waals surface area contributed by atoms with Crippen LogP contribution in [0, 0.1) is 11.7 Å². The molecule has 2 aromatic rings. The second kappa shape index (κ2) is 6.30. The summed E-state index contributed by atoms with van der Waals surface area (Å²) in [6.07, 6.45) is 13.3. The Hall–Kier alpha value is -1.91. The van der Waals surface area contributed by atoms with Crippen molar-refractivity contribution >= 4 is 5.69 Å². The molecule has 1 aliphatic heterocycles. The van der Waals surface area contributed by atoms with E-state index in [4.69, 9.17) is 0 Å². The van der Waals surface area contributed by atoms with Gasteiger partial charge in [0, 0.05) is 44.1 Å². The van der Waals surface area contributed by atoms with Crippen LogP contribution in [0.25, 0.3) is 0 Å². The van der Waals surface area contributed by atoms with E-state index in [1.165, 1.54) is 31.3 Å². The van der Waals surface area contributed by atoms with E-state index >= 15 is 0 Å². The molecule has 1 saturated carbocycles. The van der Waals surface area contributed by atoms with Crippen molar-refractivity contribution in [1.82, 2.24) is 14.5 Å². The van der Waals surface area contributed by atoms with Crippen molar-refractivity contribution in [2.24, 2.45) is 5.92 Å². The van der Waals surface area contributed by atoms with Crippen molar-refractivity contribution < 1.29 is 4.39 Å². The number of hydrogen-bond donors (Lipinski definition) is 0. The summed E-state index contributed by atoms with van der Waals surface area (Å²) in [5.74, 6) is 2.15. The number of nitrogens with zero attached hydrogens (tertiary/aromatic N) is 4. The highest BCUT2D eigenvalue weighted by Gasteiger charge is 2.27. The molecular weight excluding hydrogens is 291 g/mol. The van der Waals surface area contributed by atoms with Crippen molar-refractivity contribution in [3.8, 4) is 0 Å². The van der Waals surface area contributed by atoms with Crippen molar-refractivity contribution in [2.45, 2.75) is 44.6 Å². The number of anilines is 1. The molecule has 122 valence electrons. The SMILES string of the molecule is Fc1cnccc1N1CCC[C@H](c2nccn2CC2CCC2)C1. The van der Waals surface area contributed by atoms with Crippen LogP contribution in [-0.4, -0.2) is 27.6 Å². The van der Waals surface area contributed by atoms with E-state index in [9.17, 15) is 4.39 Å². The highest BCUT2D eigenvalue weighted by molar-refractivity contribution is 5.47. The number of hydrogen-bond acceptors (Lipinski definition) is 3. The summed E-state index contributed by atoms with van der Waals surface area (Å²) in [5.41, 5.74) is 0.668. The summed E-state index contributed by atoms with van der Waals surface area (Å²) < 4.78 is 16.4. The Morgan fingerprint density at radius 2 is 2.09 bits per heavy atom. The van der Waals surface area contributed by atoms with Gasteiger partial charge in [0.2, 0.25) is 0 Å². The first kappa shape index (κ1) is 14.7. The van der Waals surface area contributed by atoms with Crippen LogP contribution in [0.1, 0.15) is 43.8 Å². The standard InChI is InChI=1S/C18H23FN4/c19-16-11-20-7-6-17(16)22-9-2-5-15(13-22)18-21-8-10-23(18)12-14-3-1-4-14/h6-8,10-11,14-15H,1-5,9,12-13H2/t15-/m0/s1. The number of pyridine rings is 1. The second-order valence-electron chi connectivity index (χ2n) is 6.85. The van der Waals surface area contributed by atoms with Gasteiger partial charge in [0.25, 0.3) is 0 Å². The van der Waals surface area contributed by atoms with E-state index in [1.807, 2.05) is 6.20 Å². The monoisotopic (exact) mass is 314 g/mol. The fourth-order valence-electron chi connectivity index (χ4n) is 3.82. The Balaban J connectivity index is 1.51. The number of rotatable bonds is 4. The largest absolute Gasteiger partial charge is 0.368 e. The van der Waals surface area contributed by atoms with Crippen LogP contribution in [0.5, 0.6) is 0 Å². The molecular formula is C18H23FN4. The minimum Gasteiger partial charge on any atom is -0.368 e. The molecule has 2 aromatic heterocycles. The molecule has 1 atom stereocenters. The molecule has 0 radical (unpaired) electrons. The van der Waals surface area contributed by atoms with Gasteiger partial charge in [0.15, 0.2) is 5.82 Å². The van der Waals surface area contributed by atoms with Crippen molar-refractivity contribution in [3.05, 3.63) is 42.5 Å². The molecule has 4 nitrogen and oxygen atoms in total. The lowest BCUT2D eigenvalue weighted by Gasteiger charge is -2.35. The van der Waals surface area contributed by atoms with E-state index < -0.39 is 0 Å². The van der Waals surface area contributed by atoms with Gasteiger partial charge in [0.1, 0.15) is 5.82 Å². The van der Waals surface area contributed by atoms with Crippen LogP contribution >= 0.6 is 0 Å². The van der Waals surface area contributed by atoms with Gasteiger partial charge in [-0.3, -0.25) is 4.98 Å². The zero-order chi connectivity index (χ0) is 15.6. The number of halogens is 1. The molecule has 23 heavy (non-hydrogen) atoms. The second-order valence-corrected chi connectivity index (χ2v) is 6.85. The van der Waals surface area contributed by atoms with E-state index in [0.29, 0.717) is 11.6 Å². The van der Waals surface area contributed by atoms with E-state index in [-0.39, 0.29) is 5.82 Å². The van der Waals surface area contributed by atoms with E-state index in [0.717, 1.165) is 38.4 Å². The predicted molar refractivity (Wildman–Crippen MR) is 88.0 cm³/mol. The molecule has 0 bridgehead atoms. The molecule has 3 heterocycles. The van der Waals surface area contributed by atoms with Crippen molar-refractivity contribution in [3.63, 3.8) is 0 Å². The van der Waals surface area contributed by atoms with Crippen molar-refractivity contribution in [2.75, 3.05) is 18.0 Å². The molecule has 0 N–H and O–H groups in total. The molecule has 0 spiro atoms. The van der Waals surface area contributed by atoms with Crippen LogP contribution in [-0.2, 0) is 6.54 Å². The topological polar surface area (TPSA) is 34.0 Å². The van der Waals surface area contributed by atoms with Crippen LogP contribution in [0.2, 0.25) is 0 Å². The van der Waals surface area contributed by atoms with Crippen LogP contribution in [0.15, 0.2) is 30.9 Å². The number of imidazole rings is 1. The summed E-state index contributed by atoms with van der Waals surface area (Å²) in [6, 6.07) is 1.78. The van der Waals surface area contributed by atoms with Gasteiger partial charge in [0.05, 0.1) is 11.9 Å². The molecule has 5 heteroatoms. The Kier molecular flexibility index (Phi) is 4.02. The molecule has 0 amide bonds. The Morgan fingerprint density at radius 3 is 2.87 bits per heavy atom. The first-order valence-corrected chi connectivity index (χ1v) is 8.67. The summed E-state index contributed by atoms with van der Waals surface area (Å²) in [4.78, 5) is 10.6. The fourth-order valence-corrected chi connectivity index (χ4v) is 3.82. The summed E-state index contributed by atoms with van der Waals surface area (Å²) >= 11 is 0. The maximum absolute atomic E-state index is 14.0. The van der Waals surface area contributed by atoms with Crippen molar-refractivity contribution in [1.29, 1.82) is 0 Å². The molecule has 0 unspecified atom stereocenters. The lowest BCUT2D eigenvalue weighted by molar-refractivity contribution is 0.270. The van der Waals surface area contributed by atoms with Gasteiger partial charge in [-0.2, -0.15) is 0 Å². The molecule has 1 aliphatic carbocycles. The van der Waals surface area contributed by atoms with E-state index in [1.54, 1.807) is 12.3 Å². The first-order valence-electron chi connectivity index (χ1n) is 8.67. The molecule has 2 aliphatic rings. The smallest absolute Gasteiger partial charge is 0.164 e. The molecule has 2 fully saturated rings. The maximum Gasteiger partial charge on any atom is 0.164 e. The minimum atomic E-state index is -0.231. The Bertz CT molecular complexity index is 665. The molecule has 0 aromatic carbocycles. The average Bonchev–Trinajstić information content (AvgIpc) is 3.00. The summed E-state index contributed by atoms with van der Waals surface area (Å²) in [5, 5.41) is 0. The van der Waals surface area contributed by atoms with Crippen LogP contribution in [0.3, 0.4) is 0 Å². The normalized spacial score (nSPS) is 22.1. The number of piperidine rings is 1. The Labute approximate surface area is 136 Å². The van der Waals surface area contributed by atoms with Gasteiger partial charge < -0.3 is 9.47 Å². The first-order chi connectivity index (χ1) is 11.3. The van der Waals surface area contributed by atoms with E-state index in [2.05, 4.69) is 25.6 Å². The highest BCUT2D eigenvalue weighted by Crippen LogP contribution is 2.32. The number of aromatic nitrogens is 3.